The number of ether oxygens (including phenoxy) is 2. The van der Waals surface area contributed by atoms with Crippen LogP contribution >= 0.6 is 0 Å². The average Bonchev–Trinajstić information content (AvgIpc) is 2.88. The fourth-order valence-electron chi connectivity index (χ4n) is 2.70. The van der Waals surface area contributed by atoms with E-state index in [2.05, 4.69) is 26.9 Å². The number of aromatic amines is 1. The zero-order valence-corrected chi connectivity index (χ0v) is 11.4. The van der Waals surface area contributed by atoms with E-state index in [1.807, 2.05) is 0 Å². The van der Waals surface area contributed by atoms with Gasteiger partial charge in [-0.05, 0) is 25.0 Å². The summed E-state index contributed by atoms with van der Waals surface area (Å²) in [6, 6.07) is 4.38. The average molecular weight is 265 g/mol. The Morgan fingerprint density at radius 2 is 1.42 bits per heavy atom. The lowest BCUT2D eigenvalue weighted by molar-refractivity contribution is -0.0193. The maximum Gasteiger partial charge on any atom is 0.0993 e. The van der Waals surface area contributed by atoms with Crippen LogP contribution in [0, 0.1) is 0 Å². The number of nitrogens with zero attached hydrogens (tertiary/aromatic N) is 2. The lowest BCUT2D eigenvalue weighted by Gasteiger charge is -2.26. The molecule has 0 aliphatic carbocycles. The van der Waals surface area contributed by atoms with Crippen molar-refractivity contribution < 1.29 is 9.47 Å². The molecule has 1 N–H and O–H groups in total. The Hall–Kier alpha value is -0.880. The normalized spacial score (nSPS) is 22.7. The lowest BCUT2D eigenvalue weighted by atomic mass is 10.3. The van der Waals surface area contributed by atoms with Gasteiger partial charge in [0.05, 0.1) is 13.5 Å². The zero-order valence-electron chi connectivity index (χ0n) is 11.4. The van der Waals surface area contributed by atoms with E-state index in [1.165, 1.54) is 11.4 Å². The van der Waals surface area contributed by atoms with Gasteiger partial charge in [0.1, 0.15) is 0 Å². The summed E-state index contributed by atoms with van der Waals surface area (Å²) in [6.45, 7) is 7.50. The van der Waals surface area contributed by atoms with Crippen LogP contribution in [0.2, 0.25) is 0 Å². The first-order valence-corrected chi connectivity index (χ1v) is 7.17. The topological polar surface area (TPSA) is 40.7 Å². The van der Waals surface area contributed by atoms with Crippen LogP contribution in [-0.2, 0) is 22.6 Å². The third-order valence-electron chi connectivity index (χ3n) is 3.67. The van der Waals surface area contributed by atoms with Gasteiger partial charge in [0.25, 0.3) is 0 Å². The highest BCUT2D eigenvalue weighted by atomic mass is 16.5. The molecule has 3 rings (SSSR count). The van der Waals surface area contributed by atoms with Gasteiger partial charge in [-0.3, -0.25) is 9.80 Å². The molecule has 1 aromatic rings. The first-order valence-electron chi connectivity index (χ1n) is 7.17. The van der Waals surface area contributed by atoms with Crippen molar-refractivity contribution in [3.8, 4) is 0 Å². The summed E-state index contributed by atoms with van der Waals surface area (Å²) in [5.74, 6) is 0. The second kappa shape index (κ2) is 6.52. The first kappa shape index (κ1) is 13.1. The summed E-state index contributed by atoms with van der Waals surface area (Å²) >= 11 is 0. The van der Waals surface area contributed by atoms with Crippen LogP contribution in [0.3, 0.4) is 0 Å². The molecule has 2 saturated heterocycles. The lowest BCUT2D eigenvalue weighted by Crippen LogP contribution is -2.33. The highest BCUT2D eigenvalue weighted by Crippen LogP contribution is 2.12. The van der Waals surface area contributed by atoms with Crippen molar-refractivity contribution in [3.63, 3.8) is 0 Å². The van der Waals surface area contributed by atoms with Crippen molar-refractivity contribution in [3.05, 3.63) is 23.5 Å². The van der Waals surface area contributed by atoms with Crippen LogP contribution in [0.15, 0.2) is 12.1 Å². The zero-order chi connectivity index (χ0) is 12.9. The Kier molecular flexibility index (Phi) is 4.50. The maximum absolute atomic E-state index is 5.47. The molecule has 3 heterocycles. The van der Waals surface area contributed by atoms with Crippen LogP contribution in [-0.4, -0.2) is 54.5 Å². The van der Waals surface area contributed by atoms with E-state index >= 15 is 0 Å². The van der Waals surface area contributed by atoms with Crippen LogP contribution in [0.1, 0.15) is 24.2 Å². The maximum atomic E-state index is 5.47. The number of rotatable bonds is 4. The van der Waals surface area contributed by atoms with Gasteiger partial charge in [0.2, 0.25) is 0 Å². The van der Waals surface area contributed by atoms with Gasteiger partial charge in [-0.25, -0.2) is 0 Å². The fourth-order valence-corrected chi connectivity index (χ4v) is 2.70. The van der Waals surface area contributed by atoms with E-state index in [-0.39, 0.29) is 0 Å². The molecule has 0 bridgehead atoms. The highest BCUT2D eigenvalue weighted by molar-refractivity contribution is 5.13. The predicted octanol–water partition coefficient (Wildman–Crippen LogP) is 1.37. The third-order valence-corrected chi connectivity index (χ3v) is 3.67. The minimum Gasteiger partial charge on any atom is -0.366 e. The van der Waals surface area contributed by atoms with Crippen molar-refractivity contribution in [2.24, 2.45) is 0 Å². The Labute approximate surface area is 114 Å². The van der Waals surface area contributed by atoms with E-state index < -0.39 is 0 Å². The van der Waals surface area contributed by atoms with Gasteiger partial charge in [-0.2, -0.15) is 0 Å². The van der Waals surface area contributed by atoms with Crippen LogP contribution < -0.4 is 0 Å². The van der Waals surface area contributed by atoms with E-state index in [4.69, 9.17) is 9.47 Å². The Balaban J connectivity index is 1.50. The molecule has 0 unspecified atom stereocenters. The molecule has 1 aromatic heterocycles. The Morgan fingerprint density at radius 1 is 0.895 bits per heavy atom. The molecule has 0 aromatic carbocycles. The second-order valence-electron chi connectivity index (χ2n) is 5.40. The molecule has 0 saturated carbocycles. The van der Waals surface area contributed by atoms with E-state index in [0.29, 0.717) is 0 Å². The van der Waals surface area contributed by atoms with Crippen molar-refractivity contribution in [2.75, 3.05) is 39.8 Å². The van der Waals surface area contributed by atoms with Crippen LogP contribution in [0.5, 0.6) is 0 Å². The van der Waals surface area contributed by atoms with Crippen molar-refractivity contribution in [2.45, 2.75) is 25.9 Å². The molecule has 0 radical (unpaired) electrons. The van der Waals surface area contributed by atoms with Gasteiger partial charge in [-0.1, -0.05) is 0 Å². The molecular weight excluding hydrogens is 242 g/mol. The van der Waals surface area contributed by atoms with Crippen LogP contribution in [0.4, 0.5) is 0 Å². The molecular formula is C14H23N3O2. The molecule has 0 spiro atoms. The number of hydrogen-bond acceptors (Lipinski definition) is 4. The number of aromatic nitrogens is 1. The van der Waals surface area contributed by atoms with E-state index in [0.717, 1.165) is 65.7 Å². The van der Waals surface area contributed by atoms with Crippen molar-refractivity contribution in [1.82, 2.24) is 14.8 Å². The number of nitrogens with one attached hydrogen (secondary N) is 1. The summed E-state index contributed by atoms with van der Waals surface area (Å²) in [5, 5.41) is 0. The van der Waals surface area contributed by atoms with Gasteiger partial charge >= 0.3 is 0 Å². The Bertz CT molecular complexity index is 347. The van der Waals surface area contributed by atoms with Gasteiger partial charge < -0.3 is 14.5 Å². The summed E-state index contributed by atoms with van der Waals surface area (Å²) in [6.07, 6.45) is 2.28. The standard InChI is InChI=1S/C14H23N3O2/c1-5-16(11-18-7-1)9-13-3-4-14(15-13)10-17-6-2-8-19-12-17/h3-4,15H,1-2,5-12H2. The largest absolute Gasteiger partial charge is 0.366 e. The molecule has 2 aliphatic heterocycles. The minimum absolute atomic E-state index is 0.758. The van der Waals surface area contributed by atoms with E-state index in [1.54, 1.807) is 0 Å². The predicted molar refractivity (Wildman–Crippen MR) is 72.5 cm³/mol. The summed E-state index contributed by atoms with van der Waals surface area (Å²) in [7, 11) is 0. The molecule has 5 heteroatoms. The molecule has 19 heavy (non-hydrogen) atoms. The van der Waals surface area contributed by atoms with E-state index in [9.17, 15) is 0 Å². The first-order chi connectivity index (χ1) is 9.40. The molecule has 2 aliphatic rings. The SMILES string of the molecule is c1cc(CN2CCCOC2)[nH]c1CN1CCCOC1. The molecule has 0 atom stereocenters. The van der Waals surface area contributed by atoms with Crippen molar-refractivity contribution >= 4 is 0 Å². The Morgan fingerprint density at radius 3 is 1.84 bits per heavy atom. The van der Waals surface area contributed by atoms with Crippen LogP contribution in [0.25, 0.3) is 0 Å². The fraction of sp³-hybridized carbons (Fsp3) is 0.714. The highest BCUT2D eigenvalue weighted by Gasteiger charge is 2.14. The summed E-state index contributed by atoms with van der Waals surface area (Å²) in [5.41, 5.74) is 2.55. The second-order valence-corrected chi connectivity index (χ2v) is 5.40. The quantitative estimate of drug-likeness (QED) is 0.893. The monoisotopic (exact) mass is 265 g/mol. The van der Waals surface area contributed by atoms with Crippen molar-refractivity contribution in [1.29, 1.82) is 0 Å². The van der Waals surface area contributed by atoms with Gasteiger partial charge in [0.15, 0.2) is 0 Å². The van der Waals surface area contributed by atoms with Gasteiger partial charge in [0, 0.05) is 50.8 Å². The molecule has 2 fully saturated rings. The molecule has 0 amide bonds. The summed E-state index contributed by atoms with van der Waals surface area (Å²) in [4.78, 5) is 8.19. The van der Waals surface area contributed by atoms with Gasteiger partial charge in [-0.15, -0.1) is 0 Å². The smallest absolute Gasteiger partial charge is 0.0993 e. The minimum atomic E-state index is 0.758. The molecule has 106 valence electrons. The number of H-pyrrole nitrogens is 1. The number of hydrogen-bond donors (Lipinski definition) is 1. The molecule has 5 nitrogen and oxygen atoms in total. The third kappa shape index (κ3) is 3.79. The summed E-state index contributed by atoms with van der Waals surface area (Å²) < 4.78 is 10.9.